The fourth-order valence-corrected chi connectivity index (χ4v) is 6.00. The molecule has 0 amide bonds. The van der Waals surface area contributed by atoms with Gasteiger partial charge < -0.3 is 4.74 Å². The largest absolute Gasteiger partial charge is 0.484 e. The van der Waals surface area contributed by atoms with E-state index in [1.165, 1.54) is 19.3 Å². The Morgan fingerprint density at radius 1 is 1.04 bits per heavy atom. The van der Waals surface area contributed by atoms with Crippen LogP contribution in [0.5, 0.6) is 5.75 Å². The van der Waals surface area contributed by atoms with Crippen molar-refractivity contribution in [2.75, 3.05) is 6.61 Å². The zero-order valence-electron chi connectivity index (χ0n) is 12.8. The summed E-state index contributed by atoms with van der Waals surface area (Å²) < 4.78 is 43.9. The average Bonchev–Trinajstić information content (AvgIpc) is 2.43. The number of alkyl halides is 3. The van der Waals surface area contributed by atoms with Crippen molar-refractivity contribution in [3.8, 4) is 5.75 Å². The number of hydrogen-bond acceptors (Lipinski definition) is 1. The van der Waals surface area contributed by atoms with Crippen LogP contribution < -0.4 is 4.74 Å². The van der Waals surface area contributed by atoms with Crippen molar-refractivity contribution in [3.05, 3.63) is 28.2 Å². The highest BCUT2D eigenvalue weighted by molar-refractivity contribution is 9.10. The van der Waals surface area contributed by atoms with E-state index >= 15 is 0 Å². The lowest BCUT2D eigenvalue weighted by atomic mass is 9.48. The quantitative estimate of drug-likeness (QED) is 0.630. The first-order valence-corrected chi connectivity index (χ1v) is 9.12. The predicted molar refractivity (Wildman–Crippen MR) is 85.5 cm³/mol. The van der Waals surface area contributed by atoms with Gasteiger partial charge in [0.1, 0.15) is 5.75 Å². The second-order valence-electron chi connectivity index (χ2n) is 7.74. The summed E-state index contributed by atoms with van der Waals surface area (Å²) in [6.45, 7) is -1.21. The third kappa shape index (κ3) is 3.01. The van der Waals surface area contributed by atoms with Crippen LogP contribution in [0.15, 0.2) is 22.7 Å². The summed E-state index contributed by atoms with van der Waals surface area (Å²) in [5, 5.41) is 0. The van der Waals surface area contributed by atoms with E-state index < -0.39 is 12.8 Å². The van der Waals surface area contributed by atoms with Crippen LogP contribution in [0.2, 0.25) is 0 Å². The molecule has 0 N–H and O–H groups in total. The van der Waals surface area contributed by atoms with Gasteiger partial charge in [0, 0.05) is 10.0 Å². The van der Waals surface area contributed by atoms with Gasteiger partial charge in [0.05, 0.1) is 0 Å². The first kappa shape index (κ1) is 15.8. The summed E-state index contributed by atoms with van der Waals surface area (Å²) in [5.41, 5.74) is 1.02. The molecular weight excluding hydrogens is 369 g/mol. The summed E-state index contributed by atoms with van der Waals surface area (Å²) in [5.74, 6) is 2.66. The minimum absolute atomic E-state index is 0.0272. The van der Waals surface area contributed by atoms with Crippen LogP contribution in [-0.2, 0) is 5.41 Å². The van der Waals surface area contributed by atoms with Gasteiger partial charge in [-0.05, 0) is 79.9 Å². The predicted octanol–water partition coefficient (Wildman–Crippen LogP) is 5.86. The Balaban J connectivity index is 1.69. The first-order chi connectivity index (χ1) is 10.8. The summed E-state index contributed by atoms with van der Waals surface area (Å²) in [4.78, 5) is 0. The second kappa shape index (κ2) is 5.40. The molecule has 0 atom stereocenters. The van der Waals surface area contributed by atoms with E-state index in [-0.39, 0.29) is 5.41 Å². The van der Waals surface area contributed by atoms with E-state index in [9.17, 15) is 13.2 Å². The molecule has 0 spiro atoms. The first-order valence-electron chi connectivity index (χ1n) is 8.33. The molecule has 1 aromatic carbocycles. The van der Waals surface area contributed by atoms with E-state index in [1.54, 1.807) is 12.1 Å². The minimum atomic E-state index is -4.30. The van der Waals surface area contributed by atoms with Gasteiger partial charge in [0.15, 0.2) is 6.61 Å². The van der Waals surface area contributed by atoms with E-state index in [0.29, 0.717) is 5.75 Å². The molecule has 4 fully saturated rings. The highest BCUT2D eigenvalue weighted by Crippen LogP contribution is 2.62. The van der Waals surface area contributed by atoms with Gasteiger partial charge in [0.25, 0.3) is 0 Å². The lowest BCUT2D eigenvalue weighted by Crippen LogP contribution is -2.48. The molecule has 4 saturated carbocycles. The summed E-state index contributed by atoms with van der Waals surface area (Å²) in [6.07, 6.45) is 2.96. The zero-order chi connectivity index (χ0) is 16.2. The number of rotatable bonds is 3. The molecule has 4 aliphatic rings. The maximum atomic E-state index is 12.6. The topological polar surface area (TPSA) is 9.23 Å². The molecule has 4 bridgehead atoms. The molecule has 126 valence electrons. The number of ether oxygens (including phenoxy) is 1. The van der Waals surface area contributed by atoms with Crippen LogP contribution in [0.3, 0.4) is 0 Å². The zero-order valence-corrected chi connectivity index (χ0v) is 14.4. The highest BCUT2D eigenvalue weighted by Gasteiger charge is 2.52. The van der Waals surface area contributed by atoms with Crippen LogP contribution in [0.4, 0.5) is 13.2 Å². The monoisotopic (exact) mass is 388 g/mol. The Morgan fingerprint density at radius 2 is 1.61 bits per heavy atom. The van der Waals surface area contributed by atoms with Crippen molar-refractivity contribution in [1.82, 2.24) is 0 Å². The second-order valence-corrected chi connectivity index (χ2v) is 8.66. The Bertz CT molecular complexity index is 575. The molecule has 0 aromatic heterocycles. The van der Waals surface area contributed by atoms with Gasteiger partial charge in [-0.25, -0.2) is 0 Å². The van der Waals surface area contributed by atoms with Gasteiger partial charge in [-0.3, -0.25) is 0 Å². The Morgan fingerprint density at radius 3 is 2.13 bits per heavy atom. The molecule has 0 radical (unpaired) electrons. The molecule has 0 unspecified atom stereocenters. The lowest BCUT2D eigenvalue weighted by Gasteiger charge is -2.57. The van der Waals surface area contributed by atoms with Crippen molar-refractivity contribution in [1.29, 1.82) is 0 Å². The van der Waals surface area contributed by atoms with Crippen molar-refractivity contribution in [2.24, 2.45) is 17.8 Å². The lowest BCUT2D eigenvalue weighted by molar-refractivity contribution is -0.153. The van der Waals surface area contributed by atoms with Crippen molar-refractivity contribution >= 4 is 15.9 Å². The van der Waals surface area contributed by atoms with Gasteiger partial charge in [-0.2, -0.15) is 13.2 Å². The van der Waals surface area contributed by atoms with Crippen molar-refractivity contribution < 1.29 is 17.9 Å². The number of hydrogen-bond donors (Lipinski definition) is 0. The van der Waals surface area contributed by atoms with Crippen LogP contribution in [0, 0.1) is 17.8 Å². The van der Waals surface area contributed by atoms with Crippen LogP contribution in [0.25, 0.3) is 0 Å². The normalized spacial score (nSPS) is 35.6. The molecule has 0 heterocycles. The fourth-order valence-electron chi connectivity index (χ4n) is 5.64. The SMILES string of the molecule is FC(F)(F)COc1ccc(Br)cc1C12CC3CC(CC(C3)C1)C2. The molecule has 0 aliphatic heterocycles. The maximum absolute atomic E-state index is 12.6. The number of benzene rings is 1. The molecule has 4 aliphatic carbocycles. The van der Waals surface area contributed by atoms with Crippen LogP contribution >= 0.6 is 15.9 Å². The van der Waals surface area contributed by atoms with Gasteiger partial charge in [-0.1, -0.05) is 15.9 Å². The molecule has 1 nitrogen and oxygen atoms in total. The molecule has 23 heavy (non-hydrogen) atoms. The van der Waals surface area contributed by atoms with Crippen molar-refractivity contribution in [2.45, 2.75) is 50.1 Å². The Kier molecular flexibility index (Phi) is 3.71. The van der Waals surface area contributed by atoms with Crippen LogP contribution in [-0.4, -0.2) is 12.8 Å². The van der Waals surface area contributed by atoms with E-state index in [0.717, 1.165) is 47.1 Å². The smallest absolute Gasteiger partial charge is 0.422 e. The third-order valence-corrected chi connectivity index (χ3v) is 6.44. The average molecular weight is 389 g/mol. The number of halogens is 4. The van der Waals surface area contributed by atoms with Gasteiger partial charge in [0.2, 0.25) is 0 Å². The van der Waals surface area contributed by atoms with Crippen molar-refractivity contribution in [3.63, 3.8) is 0 Å². The molecule has 5 rings (SSSR count). The summed E-state index contributed by atoms with van der Waals surface area (Å²) >= 11 is 3.49. The minimum Gasteiger partial charge on any atom is -0.484 e. The Labute approximate surface area is 142 Å². The standard InChI is InChI=1S/C18H20BrF3O/c19-14-1-2-16(23-10-18(20,21)22)15(6-14)17-7-11-3-12(8-17)5-13(4-11)9-17/h1-2,6,11-13H,3-5,7-10H2. The maximum Gasteiger partial charge on any atom is 0.422 e. The van der Waals surface area contributed by atoms with Gasteiger partial charge in [-0.15, -0.1) is 0 Å². The van der Waals surface area contributed by atoms with Gasteiger partial charge >= 0.3 is 6.18 Å². The summed E-state index contributed by atoms with van der Waals surface area (Å²) in [6, 6.07) is 5.47. The highest BCUT2D eigenvalue weighted by atomic mass is 79.9. The van der Waals surface area contributed by atoms with Crippen LogP contribution in [0.1, 0.15) is 44.1 Å². The van der Waals surface area contributed by atoms with E-state index in [1.807, 2.05) is 6.07 Å². The molecular formula is C18H20BrF3O. The van der Waals surface area contributed by atoms with E-state index in [2.05, 4.69) is 15.9 Å². The molecule has 1 aromatic rings. The molecule has 0 saturated heterocycles. The fraction of sp³-hybridized carbons (Fsp3) is 0.667. The Hall–Kier alpha value is -0.710. The molecule has 5 heteroatoms. The third-order valence-electron chi connectivity index (χ3n) is 5.94. The summed E-state index contributed by atoms with van der Waals surface area (Å²) in [7, 11) is 0. The van der Waals surface area contributed by atoms with E-state index in [4.69, 9.17) is 4.74 Å².